The van der Waals surface area contributed by atoms with Gasteiger partial charge in [0.1, 0.15) is 5.82 Å². The summed E-state index contributed by atoms with van der Waals surface area (Å²) in [4.78, 5) is 0. The second-order valence-electron chi connectivity index (χ2n) is 4.13. The molecule has 1 rings (SSSR count). The van der Waals surface area contributed by atoms with Crippen molar-refractivity contribution in [1.82, 2.24) is 5.32 Å². The molecule has 2 atom stereocenters. The molecule has 0 bridgehead atoms. The van der Waals surface area contributed by atoms with Crippen molar-refractivity contribution >= 4 is 11.6 Å². The molecule has 0 aliphatic rings. The van der Waals surface area contributed by atoms with E-state index in [4.69, 9.17) is 23.8 Å². The molecule has 1 aromatic rings. The zero-order valence-electron chi connectivity index (χ0n) is 10.4. The number of rotatable bonds is 6. The molecule has 0 spiro atoms. The minimum atomic E-state index is -0.324. The number of hydrogen-bond donors (Lipinski definition) is 2. The molecule has 0 radical (unpaired) electrons. The Morgan fingerprint density at radius 3 is 2.83 bits per heavy atom. The van der Waals surface area contributed by atoms with Crippen LogP contribution in [0.15, 0.2) is 18.2 Å². The monoisotopic (exact) mass is 268 g/mol. The second kappa shape index (κ2) is 7.38. The van der Waals surface area contributed by atoms with Gasteiger partial charge in [-0.05, 0) is 24.6 Å². The summed E-state index contributed by atoms with van der Waals surface area (Å²) in [6, 6.07) is 4.00. The van der Waals surface area contributed by atoms with E-state index in [0.717, 1.165) is 12.8 Å². The van der Waals surface area contributed by atoms with Gasteiger partial charge in [0.15, 0.2) is 0 Å². The summed E-state index contributed by atoms with van der Waals surface area (Å²) in [7, 11) is 0. The van der Waals surface area contributed by atoms with Gasteiger partial charge in [-0.3, -0.25) is 5.32 Å². The van der Waals surface area contributed by atoms with Crippen LogP contribution in [-0.2, 0) is 0 Å². The van der Waals surface area contributed by atoms with Gasteiger partial charge in [0.2, 0.25) is 0 Å². The molecule has 2 nitrogen and oxygen atoms in total. The van der Waals surface area contributed by atoms with Gasteiger partial charge in [0, 0.05) is 23.2 Å². The van der Waals surface area contributed by atoms with Crippen LogP contribution in [0.2, 0.25) is 5.02 Å². The first kappa shape index (κ1) is 15.0. The van der Waals surface area contributed by atoms with E-state index in [1.807, 2.05) is 6.92 Å². The van der Waals surface area contributed by atoms with Crippen LogP contribution >= 0.6 is 11.6 Å². The zero-order chi connectivity index (χ0) is 13.5. The minimum absolute atomic E-state index is 0.109. The van der Waals surface area contributed by atoms with Crippen molar-refractivity contribution in [2.75, 3.05) is 6.54 Å². The molecule has 0 saturated heterocycles. The molecule has 0 aromatic heterocycles. The Labute approximate surface area is 113 Å². The van der Waals surface area contributed by atoms with E-state index in [9.17, 15) is 4.39 Å². The molecule has 1 aromatic carbocycles. The van der Waals surface area contributed by atoms with E-state index >= 15 is 0 Å². The van der Waals surface area contributed by atoms with Crippen LogP contribution in [0.1, 0.15) is 31.4 Å². The van der Waals surface area contributed by atoms with Crippen molar-refractivity contribution in [2.24, 2.45) is 5.73 Å². The first-order valence-electron chi connectivity index (χ1n) is 5.99. The van der Waals surface area contributed by atoms with E-state index < -0.39 is 0 Å². The van der Waals surface area contributed by atoms with Gasteiger partial charge in [0.25, 0.3) is 0 Å². The fourth-order valence-electron chi connectivity index (χ4n) is 1.81. The molecule has 0 heterocycles. The van der Waals surface area contributed by atoms with Crippen LogP contribution < -0.4 is 11.1 Å². The predicted octanol–water partition coefficient (Wildman–Crippen LogP) is 2.87. The summed E-state index contributed by atoms with van der Waals surface area (Å²) < 4.78 is 13.7. The van der Waals surface area contributed by atoms with Crippen molar-refractivity contribution in [1.29, 1.82) is 0 Å². The Hall–Kier alpha value is -1.08. The van der Waals surface area contributed by atoms with Gasteiger partial charge < -0.3 is 5.73 Å². The molecule has 3 N–H and O–H groups in total. The van der Waals surface area contributed by atoms with Crippen LogP contribution in [0.5, 0.6) is 0 Å². The summed E-state index contributed by atoms with van der Waals surface area (Å²) in [5.41, 5.74) is 6.14. The Kier molecular flexibility index (Phi) is 6.14. The summed E-state index contributed by atoms with van der Waals surface area (Å²) in [5, 5.41) is 3.66. The number of halogens is 2. The number of hydrogen-bond acceptors (Lipinski definition) is 2. The Balaban J connectivity index is 2.89. The molecule has 0 aliphatic heterocycles. The Morgan fingerprint density at radius 2 is 2.28 bits per heavy atom. The average molecular weight is 269 g/mol. The molecule has 0 fully saturated rings. The second-order valence-corrected chi connectivity index (χ2v) is 4.57. The summed E-state index contributed by atoms with van der Waals surface area (Å²) >= 11 is 5.87. The first-order chi connectivity index (χ1) is 8.62. The van der Waals surface area contributed by atoms with Crippen LogP contribution in [0.3, 0.4) is 0 Å². The van der Waals surface area contributed by atoms with Gasteiger partial charge in [0.05, 0.1) is 6.04 Å². The Morgan fingerprint density at radius 1 is 1.56 bits per heavy atom. The first-order valence-corrected chi connectivity index (χ1v) is 6.37. The van der Waals surface area contributed by atoms with Crippen LogP contribution in [0.25, 0.3) is 0 Å². The van der Waals surface area contributed by atoms with E-state index in [2.05, 4.69) is 11.2 Å². The van der Waals surface area contributed by atoms with E-state index in [0.29, 0.717) is 10.6 Å². The summed E-state index contributed by atoms with van der Waals surface area (Å²) in [6.45, 7) is 2.31. The van der Waals surface area contributed by atoms with Crippen LogP contribution in [0, 0.1) is 18.2 Å². The molecule has 18 heavy (non-hydrogen) atoms. The smallest absolute Gasteiger partial charge is 0.128 e. The quantitative estimate of drug-likeness (QED) is 0.779. The number of nitrogens with two attached hydrogens (primary N) is 1. The van der Waals surface area contributed by atoms with Gasteiger partial charge in [-0.25, -0.2) is 4.39 Å². The molecular formula is C14H18ClFN2. The van der Waals surface area contributed by atoms with E-state index in [-0.39, 0.29) is 24.4 Å². The van der Waals surface area contributed by atoms with Crippen molar-refractivity contribution < 1.29 is 4.39 Å². The molecule has 98 valence electrons. The summed E-state index contributed by atoms with van der Waals surface area (Å²) in [5.74, 6) is 2.33. The van der Waals surface area contributed by atoms with Gasteiger partial charge in [-0.2, -0.15) is 0 Å². The highest BCUT2D eigenvalue weighted by Crippen LogP contribution is 2.21. The van der Waals surface area contributed by atoms with Gasteiger partial charge in [-0.15, -0.1) is 6.42 Å². The number of terminal acetylenes is 1. The maximum atomic E-state index is 13.7. The Bertz CT molecular complexity index is 428. The van der Waals surface area contributed by atoms with Crippen molar-refractivity contribution in [3.8, 4) is 12.3 Å². The highest BCUT2D eigenvalue weighted by Gasteiger charge is 2.17. The molecule has 4 heteroatoms. The third-order valence-corrected chi connectivity index (χ3v) is 2.99. The van der Waals surface area contributed by atoms with Gasteiger partial charge in [-0.1, -0.05) is 30.9 Å². The fraction of sp³-hybridized carbons (Fsp3) is 0.429. The summed E-state index contributed by atoms with van der Waals surface area (Å²) in [6.07, 6.45) is 7.22. The SMILES string of the molecule is C#CC(CCC)NC(CN)c1cc(Cl)ccc1F. The maximum absolute atomic E-state index is 13.7. The van der Waals surface area contributed by atoms with Crippen LogP contribution in [0.4, 0.5) is 4.39 Å². The topological polar surface area (TPSA) is 38.0 Å². The lowest BCUT2D eigenvalue weighted by Gasteiger charge is -2.22. The highest BCUT2D eigenvalue weighted by atomic mass is 35.5. The third-order valence-electron chi connectivity index (χ3n) is 2.75. The molecular weight excluding hydrogens is 251 g/mol. The molecule has 0 saturated carbocycles. The average Bonchev–Trinajstić information content (AvgIpc) is 2.37. The lowest BCUT2D eigenvalue weighted by Crippen LogP contribution is -2.36. The largest absolute Gasteiger partial charge is 0.329 e. The maximum Gasteiger partial charge on any atom is 0.128 e. The standard InChI is InChI=1S/C14H18ClFN2/c1-3-5-11(4-2)18-14(9-17)12-8-10(15)6-7-13(12)16/h2,6-8,11,14,18H,3,5,9,17H2,1H3. The fourth-order valence-corrected chi connectivity index (χ4v) is 1.99. The van der Waals surface area contributed by atoms with E-state index in [1.165, 1.54) is 12.1 Å². The van der Waals surface area contributed by atoms with Crippen molar-refractivity contribution in [2.45, 2.75) is 31.8 Å². The minimum Gasteiger partial charge on any atom is -0.329 e. The van der Waals surface area contributed by atoms with Crippen molar-refractivity contribution in [3.63, 3.8) is 0 Å². The zero-order valence-corrected chi connectivity index (χ0v) is 11.2. The predicted molar refractivity (Wildman–Crippen MR) is 73.9 cm³/mol. The molecule has 0 aliphatic carbocycles. The van der Waals surface area contributed by atoms with E-state index in [1.54, 1.807) is 6.07 Å². The lowest BCUT2D eigenvalue weighted by molar-refractivity contribution is 0.458. The molecule has 0 amide bonds. The normalized spacial score (nSPS) is 13.9. The highest BCUT2D eigenvalue weighted by molar-refractivity contribution is 6.30. The van der Waals surface area contributed by atoms with Crippen molar-refractivity contribution in [3.05, 3.63) is 34.6 Å². The van der Waals surface area contributed by atoms with Crippen LogP contribution in [-0.4, -0.2) is 12.6 Å². The third kappa shape index (κ3) is 3.99. The number of nitrogens with one attached hydrogen (secondary N) is 1. The number of benzene rings is 1. The lowest BCUT2D eigenvalue weighted by atomic mass is 10.0. The van der Waals surface area contributed by atoms with Gasteiger partial charge >= 0.3 is 0 Å². The molecule has 2 unspecified atom stereocenters.